The monoisotopic (exact) mass is 489 g/mol. The highest BCUT2D eigenvalue weighted by molar-refractivity contribution is 7.92. The van der Waals surface area contributed by atoms with Gasteiger partial charge < -0.3 is 20.3 Å². The molecule has 186 valence electrons. The Morgan fingerprint density at radius 3 is 2.50 bits per heavy atom. The van der Waals surface area contributed by atoms with E-state index in [9.17, 15) is 13.2 Å². The van der Waals surface area contributed by atoms with Crippen LogP contribution in [-0.2, 0) is 19.3 Å². The molecule has 0 saturated carbocycles. The van der Waals surface area contributed by atoms with Crippen molar-refractivity contribution in [1.82, 2.24) is 15.3 Å². The van der Waals surface area contributed by atoms with Gasteiger partial charge in [-0.2, -0.15) is 0 Å². The number of anilines is 2. The molecule has 1 atom stereocenters. The van der Waals surface area contributed by atoms with Gasteiger partial charge >= 0.3 is 6.03 Å². The number of hydrogen-bond donors (Lipinski definition) is 2. The maximum Gasteiger partial charge on any atom is 0.319 e. The first-order valence-electron chi connectivity index (χ1n) is 11.6. The molecular formula is C24H35N5O4S. The molecular weight excluding hydrogens is 454 g/mol. The fraction of sp³-hybridized carbons (Fsp3) is 0.542. The predicted octanol–water partition coefficient (Wildman–Crippen LogP) is 3.57. The van der Waals surface area contributed by atoms with E-state index < -0.39 is 19.8 Å². The number of urea groups is 1. The van der Waals surface area contributed by atoms with Crippen LogP contribution in [0.1, 0.15) is 47.2 Å². The Bertz CT molecular complexity index is 1120. The lowest BCUT2D eigenvalue weighted by atomic mass is 10.1. The van der Waals surface area contributed by atoms with Gasteiger partial charge in [0.25, 0.3) is 0 Å². The summed E-state index contributed by atoms with van der Waals surface area (Å²) in [6.45, 7) is 13.0. The van der Waals surface area contributed by atoms with E-state index in [-0.39, 0.29) is 12.1 Å². The highest BCUT2D eigenvalue weighted by Crippen LogP contribution is 2.35. The zero-order chi connectivity index (χ0) is 25.1. The van der Waals surface area contributed by atoms with E-state index in [0.717, 1.165) is 5.56 Å². The minimum Gasteiger partial charge on any atom is -0.377 e. The standard InChI is InChI=1S/C24H35N5O4S/c1-7-25-23(30)26-19-10-8-18(9-11-19)22-27-20(24(5,6)34(31,32)16(2)3)14-21(28-22)29-12-13-33-15-17(29)4/h8-11,14,16-17H,7,12-13,15H2,1-6H3,(H2,25,26,30)/t17-/m0/s1. The van der Waals surface area contributed by atoms with Crippen molar-refractivity contribution in [3.8, 4) is 11.4 Å². The molecule has 1 aliphatic heterocycles. The van der Waals surface area contributed by atoms with Gasteiger partial charge in [-0.3, -0.25) is 0 Å². The number of carbonyl (C=O) groups excluding carboxylic acids is 1. The zero-order valence-corrected chi connectivity index (χ0v) is 21.6. The summed E-state index contributed by atoms with van der Waals surface area (Å²) in [4.78, 5) is 23.4. The second-order valence-electron chi connectivity index (χ2n) is 9.22. The molecule has 9 nitrogen and oxygen atoms in total. The molecule has 0 spiro atoms. The number of morpholine rings is 1. The summed E-state index contributed by atoms with van der Waals surface area (Å²) >= 11 is 0. The van der Waals surface area contributed by atoms with Crippen LogP contribution in [0.25, 0.3) is 11.4 Å². The number of ether oxygens (including phenoxy) is 1. The Hall–Kier alpha value is -2.72. The molecule has 2 amide bonds. The van der Waals surface area contributed by atoms with Crippen LogP contribution in [0.2, 0.25) is 0 Å². The van der Waals surface area contributed by atoms with Crippen molar-refractivity contribution in [2.24, 2.45) is 0 Å². The van der Waals surface area contributed by atoms with Crippen molar-refractivity contribution in [2.45, 2.75) is 57.6 Å². The number of aromatic nitrogens is 2. The third kappa shape index (κ3) is 5.33. The van der Waals surface area contributed by atoms with Crippen molar-refractivity contribution < 1.29 is 17.9 Å². The average Bonchev–Trinajstić information content (AvgIpc) is 2.79. The van der Waals surface area contributed by atoms with Crippen LogP contribution < -0.4 is 15.5 Å². The Morgan fingerprint density at radius 2 is 1.91 bits per heavy atom. The first-order valence-corrected chi connectivity index (χ1v) is 13.1. The molecule has 0 aliphatic carbocycles. The average molecular weight is 490 g/mol. The maximum absolute atomic E-state index is 13.2. The second kappa shape index (κ2) is 10.3. The van der Waals surface area contributed by atoms with Crippen LogP contribution in [0.15, 0.2) is 30.3 Å². The summed E-state index contributed by atoms with van der Waals surface area (Å²) in [5, 5.41) is 4.90. The van der Waals surface area contributed by atoms with Gasteiger partial charge in [-0.1, -0.05) is 0 Å². The topological polar surface area (TPSA) is 114 Å². The van der Waals surface area contributed by atoms with E-state index in [1.54, 1.807) is 45.9 Å². The summed E-state index contributed by atoms with van der Waals surface area (Å²) in [6.07, 6.45) is 0. The predicted molar refractivity (Wildman–Crippen MR) is 135 cm³/mol. The number of carbonyl (C=O) groups is 1. The molecule has 2 heterocycles. The minimum absolute atomic E-state index is 0.0952. The summed E-state index contributed by atoms with van der Waals surface area (Å²) in [7, 11) is -3.50. The van der Waals surface area contributed by atoms with Crippen molar-refractivity contribution in [1.29, 1.82) is 0 Å². The molecule has 1 saturated heterocycles. The van der Waals surface area contributed by atoms with Gasteiger partial charge in [0.1, 0.15) is 10.6 Å². The van der Waals surface area contributed by atoms with Crippen molar-refractivity contribution in [3.05, 3.63) is 36.0 Å². The number of nitrogens with one attached hydrogen (secondary N) is 2. The third-order valence-electron chi connectivity index (χ3n) is 6.06. The molecule has 1 fully saturated rings. The molecule has 0 unspecified atom stereocenters. The van der Waals surface area contributed by atoms with Gasteiger partial charge in [0.2, 0.25) is 0 Å². The highest BCUT2D eigenvalue weighted by Gasteiger charge is 2.40. The lowest BCUT2D eigenvalue weighted by Crippen LogP contribution is -2.44. The molecule has 2 N–H and O–H groups in total. The fourth-order valence-electron chi connectivity index (χ4n) is 3.86. The third-order valence-corrected chi connectivity index (χ3v) is 8.93. The van der Waals surface area contributed by atoms with Crippen molar-refractivity contribution >= 4 is 27.4 Å². The summed E-state index contributed by atoms with van der Waals surface area (Å²) in [5.74, 6) is 1.11. The Kier molecular flexibility index (Phi) is 7.82. The first-order chi connectivity index (χ1) is 16.0. The number of hydrogen-bond acceptors (Lipinski definition) is 7. The molecule has 1 aromatic heterocycles. The number of sulfone groups is 1. The lowest BCUT2D eigenvalue weighted by molar-refractivity contribution is 0.0985. The molecule has 34 heavy (non-hydrogen) atoms. The SMILES string of the molecule is CCNC(=O)Nc1ccc(-c2nc(N3CCOC[C@@H]3C)cc(C(C)(C)S(=O)(=O)C(C)C)n2)cc1. The van der Waals surface area contributed by atoms with Gasteiger partial charge in [0.15, 0.2) is 15.7 Å². The fourth-order valence-corrected chi connectivity index (χ4v) is 5.43. The Labute approximate surface area is 202 Å². The maximum atomic E-state index is 13.2. The van der Waals surface area contributed by atoms with Crippen LogP contribution in [0.5, 0.6) is 0 Å². The van der Waals surface area contributed by atoms with Gasteiger partial charge in [-0.25, -0.2) is 23.2 Å². The van der Waals surface area contributed by atoms with E-state index in [0.29, 0.717) is 49.3 Å². The first kappa shape index (κ1) is 25.9. The normalized spacial score (nSPS) is 17.0. The van der Waals surface area contributed by atoms with Gasteiger partial charge in [-0.15, -0.1) is 0 Å². The van der Waals surface area contributed by atoms with E-state index >= 15 is 0 Å². The van der Waals surface area contributed by atoms with Gasteiger partial charge in [0, 0.05) is 30.4 Å². The number of rotatable bonds is 7. The summed E-state index contributed by atoms with van der Waals surface area (Å²) < 4.78 is 30.8. The summed E-state index contributed by atoms with van der Waals surface area (Å²) in [6, 6.07) is 8.78. The van der Waals surface area contributed by atoms with E-state index in [4.69, 9.17) is 14.7 Å². The van der Waals surface area contributed by atoms with Crippen molar-refractivity contribution in [2.75, 3.05) is 36.5 Å². The Balaban J connectivity index is 2.07. The Morgan fingerprint density at radius 1 is 1.24 bits per heavy atom. The number of amides is 2. The van der Waals surface area contributed by atoms with E-state index in [2.05, 4.69) is 22.5 Å². The largest absolute Gasteiger partial charge is 0.377 e. The highest BCUT2D eigenvalue weighted by atomic mass is 32.2. The van der Waals surface area contributed by atoms with Crippen LogP contribution in [0.3, 0.4) is 0 Å². The van der Waals surface area contributed by atoms with Crippen molar-refractivity contribution in [3.63, 3.8) is 0 Å². The molecule has 2 aromatic rings. The zero-order valence-electron chi connectivity index (χ0n) is 20.8. The quantitative estimate of drug-likeness (QED) is 0.611. The minimum atomic E-state index is -3.50. The number of nitrogens with zero attached hydrogens (tertiary/aromatic N) is 3. The second-order valence-corrected chi connectivity index (χ2v) is 12.3. The number of benzene rings is 1. The van der Waals surface area contributed by atoms with Crippen LogP contribution in [0.4, 0.5) is 16.3 Å². The van der Waals surface area contributed by atoms with E-state index in [1.165, 1.54) is 0 Å². The van der Waals surface area contributed by atoms with Crippen LogP contribution >= 0.6 is 0 Å². The van der Waals surface area contributed by atoms with Gasteiger partial charge in [0.05, 0.1) is 30.2 Å². The molecule has 0 bridgehead atoms. The lowest BCUT2D eigenvalue weighted by Gasteiger charge is -2.35. The van der Waals surface area contributed by atoms with Crippen LogP contribution in [-0.4, -0.2) is 62.0 Å². The van der Waals surface area contributed by atoms with E-state index in [1.807, 2.05) is 19.1 Å². The molecule has 10 heteroatoms. The molecule has 1 aliphatic rings. The van der Waals surface area contributed by atoms with Crippen LogP contribution in [0, 0.1) is 0 Å². The smallest absolute Gasteiger partial charge is 0.319 e. The molecule has 3 rings (SSSR count). The molecule has 1 aromatic carbocycles. The van der Waals surface area contributed by atoms with Gasteiger partial charge in [-0.05, 0) is 65.8 Å². The molecule has 0 radical (unpaired) electrons. The summed E-state index contributed by atoms with van der Waals surface area (Å²) in [5.41, 5.74) is 1.81.